The second-order valence-electron chi connectivity index (χ2n) is 34.2. The van der Waals surface area contributed by atoms with Gasteiger partial charge >= 0.3 is 5.97 Å². The number of carbonyl (C=O) groups excluding carboxylic acids is 3. The number of carboxylic acid groups (broad SMARTS) is 1. The molecule has 16 rings (SSSR count). The normalized spacial score (nSPS) is 15.4. The molecule has 0 radical (unpaired) electrons. The molecule has 133 heavy (non-hydrogen) atoms. The van der Waals surface area contributed by atoms with Gasteiger partial charge in [0.2, 0.25) is 17.6 Å². The highest BCUT2D eigenvalue weighted by Crippen LogP contribution is 2.44. The first-order valence-electron chi connectivity index (χ1n) is 44.5. The molecule has 2 atom stereocenters. The van der Waals surface area contributed by atoms with Gasteiger partial charge in [-0.1, -0.05) is 98.4 Å². The van der Waals surface area contributed by atoms with Crippen molar-refractivity contribution in [1.29, 1.82) is 0 Å². The molecule has 0 saturated carbocycles. The maximum Gasteiger partial charge on any atom is 0.306 e. The molecule has 4 aliphatic rings. The Morgan fingerprint density at radius 1 is 0.496 bits per heavy atom. The van der Waals surface area contributed by atoms with Crippen LogP contribution < -0.4 is 36.9 Å². The Labute approximate surface area is 788 Å². The summed E-state index contributed by atoms with van der Waals surface area (Å²) in [5.74, 6) is -1.40. The molecule has 700 valence electrons. The molecule has 4 fully saturated rings. The van der Waals surface area contributed by atoms with E-state index < -0.39 is 41.6 Å². The number of carboxylic acids is 1. The number of amides is 3. The molecule has 6 aromatic carbocycles. The van der Waals surface area contributed by atoms with Crippen LogP contribution in [0.1, 0.15) is 198 Å². The summed E-state index contributed by atoms with van der Waals surface area (Å²) < 4.78 is 47.3. The van der Waals surface area contributed by atoms with Gasteiger partial charge < -0.3 is 67.3 Å². The van der Waals surface area contributed by atoms with Crippen LogP contribution in [-0.4, -0.2) is 188 Å². The molecule has 6 aromatic heterocycles. The smallest absolute Gasteiger partial charge is 0.306 e. The average molecular weight is 1900 g/mol. The number of nitrogens with two attached hydrogens (primary N) is 2. The lowest BCUT2D eigenvalue weighted by Crippen LogP contribution is -2.45. The van der Waals surface area contributed by atoms with E-state index in [1.807, 2.05) is 123 Å². The molecular formula is C96H108Cl4F2N20O11. The zero-order valence-electron chi connectivity index (χ0n) is 74.9. The fourth-order valence-electron chi connectivity index (χ4n) is 17.1. The van der Waals surface area contributed by atoms with Crippen LogP contribution in [0.4, 0.5) is 20.4 Å². The second kappa shape index (κ2) is 43.0. The van der Waals surface area contributed by atoms with Crippen molar-refractivity contribution in [2.75, 3.05) is 76.9 Å². The van der Waals surface area contributed by atoms with Gasteiger partial charge in [0.1, 0.15) is 46.8 Å². The first kappa shape index (κ1) is 96.6. The number of ether oxygens (including phenoxy) is 2. The Morgan fingerprint density at radius 2 is 0.895 bits per heavy atom. The number of aromatic hydroxyl groups is 4. The number of nitrogen functional groups attached to an aromatic ring is 2. The van der Waals surface area contributed by atoms with Gasteiger partial charge in [-0.25, -0.2) is 18.7 Å². The number of phenols is 4. The highest BCUT2D eigenvalue weighted by atomic mass is 35.5. The van der Waals surface area contributed by atoms with E-state index >= 15 is 0 Å². The summed E-state index contributed by atoms with van der Waals surface area (Å²) in [5.41, 5.74) is 21.6. The largest absolute Gasteiger partial charge is 0.508 e. The minimum atomic E-state index is -0.725. The molecule has 3 amide bonds. The molecule has 4 saturated heterocycles. The number of aliphatic carboxylic acids is 1. The molecule has 0 unspecified atom stereocenters. The van der Waals surface area contributed by atoms with E-state index in [1.165, 1.54) is 36.4 Å². The number of aromatic nitrogens is 12. The molecule has 37 heteroatoms. The number of phenolic OH excluding ortho intramolecular Hbond substituents is 4. The van der Waals surface area contributed by atoms with Gasteiger partial charge in [-0.3, -0.25) is 47.5 Å². The molecule has 12 aromatic rings. The Balaban J connectivity index is 0.000000178. The summed E-state index contributed by atoms with van der Waals surface area (Å²) in [6, 6.07) is 30.8. The van der Waals surface area contributed by atoms with E-state index in [4.69, 9.17) is 67.3 Å². The van der Waals surface area contributed by atoms with Gasteiger partial charge in [0.25, 0.3) is 11.8 Å². The van der Waals surface area contributed by atoms with Crippen molar-refractivity contribution in [3.05, 3.63) is 223 Å². The van der Waals surface area contributed by atoms with E-state index in [2.05, 4.69) is 66.3 Å². The molecule has 0 bridgehead atoms. The molecule has 4 aliphatic heterocycles. The second-order valence-corrected chi connectivity index (χ2v) is 35.8. The minimum Gasteiger partial charge on any atom is -0.508 e. The lowest BCUT2D eigenvalue weighted by atomic mass is 9.93. The number of hydrogen-bond donors (Lipinski definition) is 10. The minimum absolute atomic E-state index is 0.00145. The van der Waals surface area contributed by atoms with Crippen molar-refractivity contribution in [3.8, 4) is 90.9 Å². The van der Waals surface area contributed by atoms with Crippen molar-refractivity contribution >= 4 is 81.7 Å². The predicted molar refractivity (Wildman–Crippen MR) is 505 cm³/mol. The Bertz CT molecular complexity index is 6160. The van der Waals surface area contributed by atoms with Crippen LogP contribution >= 0.6 is 46.4 Å². The van der Waals surface area contributed by atoms with Gasteiger partial charge in [-0.05, 0) is 225 Å². The Kier molecular flexibility index (Phi) is 31.2. The predicted octanol–water partition coefficient (Wildman–Crippen LogP) is 17.3. The van der Waals surface area contributed by atoms with Crippen LogP contribution in [0.5, 0.6) is 34.5 Å². The standard InChI is InChI=1S/C48H53Cl2FN10O5.C27H33N5O5.C21H22Cl2FN5O/c1-5-53-47(64)46-57-56-45(36-21-35(27(2)3)39(62)22-40(36)63)61(46)34-8-6-29(7-9-34)25-58-16-12-30(13-17-58)48(65)59-18-14-33(15-19-59)60-26-32(24-55-60)31-20-41(44(52)54-23-31)66-28(4)42-37(49)10-11-38(51)43(42)50;1-4-28-26(35)25-30-29-24(21-13-20(16(2)3)22(33)14-23(21)34)32(25)19-7-5-17(6-8-19)15-31-11-9-18(10-12-31)27(36)37;1-12(19-16(22)2-3-17(24)20(19)23)30-18-8-13(9-27-21(18)25)14-10-28-29(11-14)15-4-6-26-7-5-15/h6-11,20-24,26-28,30,33,62-63H,5,12-19,25H2,1-4H3,(H2,52,54)(H,53,64);5-8,13-14,16,18,33-34H,4,9-12,15H2,1-3H3,(H,28,35)(H,36,37);2-3,8-12,15,26H,4-7H2,1H3,(H2,25,27)/t28-;;12-/m1.1/s1. The Hall–Kier alpha value is -12.5. The van der Waals surface area contributed by atoms with Crippen molar-refractivity contribution in [1.82, 2.24) is 89.7 Å². The quantitative estimate of drug-likeness (QED) is 0.0225. The van der Waals surface area contributed by atoms with Crippen LogP contribution in [0.3, 0.4) is 0 Å². The van der Waals surface area contributed by atoms with Gasteiger partial charge in [0.05, 0.1) is 51.6 Å². The molecule has 0 spiro atoms. The van der Waals surface area contributed by atoms with Gasteiger partial charge in [0.15, 0.2) is 34.8 Å². The van der Waals surface area contributed by atoms with E-state index in [-0.39, 0.29) is 109 Å². The molecule has 31 nitrogen and oxygen atoms in total. The van der Waals surface area contributed by atoms with Crippen molar-refractivity contribution < 1.29 is 63.0 Å². The number of likely N-dealkylation sites (tertiary alicyclic amines) is 3. The molecule has 0 aliphatic carbocycles. The maximum absolute atomic E-state index is 14.2. The van der Waals surface area contributed by atoms with E-state index in [0.717, 1.165) is 111 Å². The van der Waals surface area contributed by atoms with E-state index in [0.29, 0.717) is 119 Å². The fourth-order valence-corrected chi connectivity index (χ4v) is 18.5. The van der Waals surface area contributed by atoms with Gasteiger partial charge in [-0.15, -0.1) is 20.4 Å². The number of pyridine rings is 2. The summed E-state index contributed by atoms with van der Waals surface area (Å²) in [4.78, 5) is 66.1. The van der Waals surface area contributed by atoms with Crippen LogP contribution in [0, 0.1) is 23.5 Å². The van der Waals surface area contributed by atoms with E-state index in [9.17, 15) is 53.5 Å². The molecular weight excluding hydrogens is 1790 g/mol. The van der Waals surface area contributed by atoms with Crippen LogP contribution in [0.25, 0.3) is 56.4 Å². The third kappa shape index (κ3) is 22.4. The van der Waals surface area contributed by atoms with Gasteiger partial charge in [0, 0.05) is 137 Å². The van der Waals surface area contributed by atoms with Crippen LogP contribution in [0.2, 0.25) is 20.1 Å². The Morgan fingerprint density at radius 3 is 1.29 bits per heavy atom. The summed E-state index contributed by atoms with van der Waals surface area (Å²) >= 11 is 24.9. The van der Waals surface area contributed by atoms with Crippen molar-refractivity contribution in [2.45, 2.75) is 156 Å². The maximum atomic E-state index is 14.2. The number of nitrogens with zero attached hydrogens (tertiary/aromatic N) is 15. The summed E-state index contributed by atoms with van der Waals surface area (Å²) in [7, 11) is 0. The summed E-state index contributed by atoms with van der Waals surface area (Å²) in [6.07, 6.45) is 16.0. The zero-order valence-corrected chi connectivity index (χ0v) is 78.0. The zero-order chi connectivity index (χ0) is 94.7. The van der Waals surface area contributed by atoms with Crippen LogP contribution in [-0.2, 0) is 22.7 Å². The fraction of sp³-hybridized carbons (Fsp3) is 0.375. The lowest BCUT2D eigenvalue weighted by Gasteiger charge is -2.37. The molecule has 12 N–H and O–H groups in total. The number of nitrogens with one attached hydrogen (secondary N) is 3. The number of halogens is 6. The highest BCUT2D eigenvalue weighted by Gasteiger charge is 2.35. The number of carbonyl (C=O) groups is 4. The van der Waals surface area contributed by atoms with Gasteiger partial charge in [-0.2, -0.15) is 10.2 Å². The third-order valence-electron chi connectivity index (χ3n) is 24.5. The van der Waals surface area contributed by atoms with Crippen molar-refractivity contribution in [2.24, 2.45) is 11.8 Å². The number of rotatable bonds is 26. The SMILES string of the molecule is CCNC(=O)c1nnc(-c2cc(C(C)C)c(O)cc2O)n1-c1ccc(CN2CCC(C(=O)N3CCC(n4cc(-c5cnc(N)c(O[C@H](C)c6c(Cl)ccc(F)c6Cl)c5)cn4)CC3)CC2)cc1.CCNC(=O)c1nnc(-c2cc(C(C)C)c(O)cc2O)n1-c1ccc(CN2CCC(C(=O)O)CC2)cc1.C[C@@H](Oc1cc(-c2cnn(C3CCNCC3)c2)cnc1N)c1c(Cl)ccc(F)c1Cl. The number of anilines is 2. The number of benzene rings is 6. The van der Waals surface area contributed by atoms with E-state index in [1.54, 1.807) is 65.8 Å². The van der Waals surface area contributed by atoms with Crippen molar-refractivity contribution in [3.63, 3.8) is 0 Å². The topological polar surface area (TPSA) is 409 Å². The average Bonchev–Trinajstić information content (AvgIpc) is 1.64. The third-order valence-corrected chi connectivity index (χ3v) is 26.0. The lowest BCUT2D eigenvalue weighted by molar-refractivity contribution is -0.143. The number of hydrogen-bond acceptors (Lipinski definition) is 23. The number of piperidine rings is 4. The highest BCUT2D eigenvalue weighted by molar-refractivity contribution is 6.36. The first-order chi connectivity index (χ1) is 63.8. The first-order valence-corrected chi connectivity index (χ1v) is 46.0. The summed E-state index contributed by atoms with van der Waals surface area (Å²) in [6.45, 7) is 23.4. The van der Waals surface area contributed by atoms with Crippen LogP contribution in [0.15, 0.2) is 146 Å². The molecule has 10 heterocycles. The summed E-state index contributed by atoms with van der Waals surface area (Å²) in [5, 5.41) is 87.0. The monoisotopic (exact) mass is 1890 g/mol.